The van der Waals surface area contributed by atoms with Crippen molar-refractivity contribution in [3.63, 3.8) is 0 Å². The summed E-state index contributed by atoms with van der Waals surface area (Å²) in [4.78, 5) is 0. The van der Waals surface area contributed by atoms with Gasteiger partial charge in [0.1, 0.15) is 5.82 Å². The quantitative estimate of drug-likeness (QED) is 0.728. The summed E-state index contributed by atoms with van der Waals surface area (Å²) in [6.07, 6.45) is 6.51. The first-order chi connectivity index (χ1) is 5.75. The van der Waals surface area contributed by atoms with Crippen LogP contribution in [0.4, 0.5) is 5.82 Å². The van der Waals surface area contributed by atoms with E-state index in [4.69, 9.17) is 17.3 Å². The first-order valence-electron chi connectivity index (χ1n) is 3.75. The van der Waals surface area contributed by atoms with Crippen molar-refractivity contribution < 1.29 is 0 Å². The topological polar surface area (TPSA) is 43.8 Å². The largest absolute Gasteiger partial charge is 0.383 e. The van der Waals surface area contributed by atoms with Crippen molar-refractivity contribution in [3.05, 3.63) is 17.8 Å². The molecular formula is C8H12ClN3. The van der Waals surface area contributed by atoms with Crippen molar-refractivity contribution in [2.45, 2.75) is 6.42 Å². The lowest BCUT2D eigenvalue weighted by Crippen LogP contribution is -1.97. The molecule has 0 unspecified atom stereocenters. The van der Waals surface area contributed by atoms with E-state index in [9.17, 15) is 0 Å². The second-order valence-corrected chi connectivity index (χ2v) is 2.87. The van der Waals surface area contributed by atoms with E-state index in [1.165, 1.54) is 0 Å². The predicted molar refractivity (Wildman–Crippen MR) is 52.0 cm³/mol. The van der Waals surface area contributed by atoms with Crippen LogP contribution in [-0.2, 0) is 7.05 Å². The van der Waals surface area contributed by atoms with Gasteiger partial charge in [0.25, 0.3) is 0 Å². The third-order valence-corrected chi connectivity index (χ3v) is 1.81. The fourth-order valence-corrected chi connectivity index (χ4v) is 0.992. The fourth-order valence-electron chi connectivity index (χ4n) is 0.866. The standard InChI is InChI=1S/C8H12ClN3/c1-12-8(10)7(6-11-12)4-2-3-5-9/h2,4,6H,3,5,10H2,1H3. The van der Waals surface area contributed by atoms with Gasteiger partial charge in [-0.3, -0.25) is 4.68 Å². The molecule has 0 amide bonds. The van der Waals surface area contributed by atoms with Gasteiger partial charge in [0, 0.05) is 18.5 Å². The predicted octanol–water partition coefficient (Wildman–Crippen LogP) is 1.64. The molecule has 0 spiro atoms. The minimum atomic E-state index is 0.636. The molecule has 12 heavy (non-hydrogen) atoms. The first-order valence-corrected chi connectivity index (χ1v) is 4.29. The number of alkyl halides is 1. The molecule has 0 saturated heterocycles. The lowest BCUT2D eigenvalue weighted by atomic mass is 10.3. The van der Waals surface area contributed by atoms with Crippen LogP contribution < -0.4 is 5.73 Å². The summed E-state index contributed by atoms with van der Waals surface area (Å²) in [5.74, 6) is 1.32. The molecule has 1 aromatic heterocycles. The molecule has 0 aliphatic heterocycles. The smallest absolute Gasteiger partial charge is 0.128 e. The van der Waals surface area contributed by atoms with Crippen LogP contribution in [-0.4, -0.2) is 15.7 Å². The third-order valence-electron chi connectivity index (χ3n) is 1.59. The number of halogens is 1. The van der Waals surface area contributed by atoms with E-state index >= 15 is 0 Å². The number of anilines is 1. The Morgan fingerprint density at radius 3 is 3.00 bits per heavy atom. The fraction of sp³-hybridized carbons (Fsp3) is 0.375. The van der Waals surface area contributed by atoms with Crippen molar-refractivity contribution in [1.29, 1.82) is 0 Å². The molecule has 0 bridgehead atoms. The molecule has 4 heteroatoms. The monoisotopic (exact) mass is 185 g/mol. The zero-order valence-electron chi connectivity index (χ0n) is 7.00. The number of aromatic nitrogens is 2. The van der Waals surface area contributed by atoms with Gasteiger partial charge in [-0.05, 0) is 6.42 Å². The Balaban J connectivity index is 2.69. The van der Waals surface area contributed by atoms with E-state index < -0.39 is 0 Å². The molecule has 3 nitrogen and oxygen atoms in total. The number of rotatable bonds is 3. The normalized spacial score (nSPS) is 11.2. The van der Waals surface area contributed by atoms with E-state index in [1.54, 1.807) is 10.9 Å². The van der Waals surface area contributed by atoms with Crippen molar-refractivity contribution in [3.8, 4) is 0 Å². The van der Waals surface area contributed by atoms with Gasteiger partial charge < -0.3 is 5.73 Å². The van der Waals surface area contributed by atoms with Crippen LogP contribution in [0.15, 0.2) is 12.3 Å². The first kappa shape index (κ1) is 9.13. The van der Waals surface area contributed by atoms with Crippen molar-refractivity contribution in [2.75, 3.05) is 11.6 Å². The van der Waals surface area contributed by atoms with Gasteiger partial charge in [0.05, 0.1) is 6.20 Å². The molecular weight excluding hydrogens is 174 g/mol. The highest BCUT2D eigenvalue weighted by Crippen LogP contribution is 2.11. The van der Waals surface area contributed by atoms with Crippen molar-refractivity contribution in [1.82, 2.24) is 9.78 Å². The molecule has 0 aliphatic carbocycles. The Labute approximate surface area is 76.8 Å². The summed E-state index contributed by atoms with van der Waals surface area (Å²) >= 11 is 5.51. The molecule has 0 aliphatic rings. The maximum Gasteiger partial charge on any atom is 0.128 e. The van der Waals surface area contributed by atoms with Gasteiger partial charge in [-0.1, -0.05) is 12.2 Å². The Bertz CT molecular complexity index is 278. The lowest BCUT2D eigenvalue weighted by Gasteiger charge is -1.93. The van der Waals surface area contributed by atoms with Crippen LogP contribution in [0.25, 0.3) is 6.08 Å². The molecule has 0 radical (unpaired) electrons. The van der Waals surface area contributed by atoms with Crippen LogP contribution in [0.3, 0.4) is 0 Å². The molecule has 1 aromatic rings. The number of aryl methyl sites for hydroxylation is 1. The average molecular weight is 186 g/mol. The molecule has 0 saturated carbocycles. The van der Waals surface area contributed by atoms with Crippen molar-refractivity contribution in [2.24, 2.45) is 7.05 Å². The molecule has 1 heterocycles. The summed E-state index contributed by atoms with van der Waals surface area (Å²) in [5.41, 5.74) is 6.65. The van der Waals surface area contributed by atoms with E-state index in [2.05, 4.69) is 5.10 Å². The summed E-state index contributed by atoms with van der Waals surface area (Å²) in [6.45, 7) is 0. The van der Waals surface area contributed by atoms with E-state index in [0.29, 0.717) is 11.7 Å². The summed E-state index contributed by atoms with van der Waals surface area (Å²) in [5, 5.41) is 4.00. The van der Waals surface area contributed by atoms with Crippen LogP contribution in [0.5, 0.6) is 0 Å². The minimum absolute atomic E-state index is 0.636. The van der Waals surface area contributed by atoms with Gasteiger partial charge in [-0.25, -0.2) is 0 Å². The molecule has 66 valence electrons. The second-order valence-electron chi connectivity index (χ2n) is 2.49. The van der Waals surface area contributed by atoms with Gasteiger partial charge in [0.15, 0.2) is 0 Å². The number of allylic oxidation sites excluding steroid dienone is 1. The van der Waals surface area contributed by atoms with Crippen LogP contribution in [0, 0.1) is 0 Å². The highest BCUT2D eigenvalue weighted by atomic mass is 35.5. The van der Waals surface area contributed by atoms with E-state index in [-0.39, 0.29) is 0 Å². The SMILES string of the molecule is Cn1ncc(C=CCCCl)c1N. The molecule has 0 aromatic carbocycles. The summed E-state index contributed by atoms with van der Waals surface area (Å²) < 4.78 is 1.64. The molecule has 0 atom stereocenters. The zero-order valence-corrected chi connectivity index (χ0v) is 7.75. The Hall–Kier alpha value is -0.960. The molecule has 0 fully saturated rings. The third kappa shape index (κ3) is 2.01. The number of hydrogen-bond acceptors (Lipinski definition) is 2. The summed E-state index contributed by atoms with van der Waals surface area (Å²) in [7, 11) is 1.81. The summed E-state index contributed by atoms with van der Waals surface area (Å²) in [6, 6.07) is 0. The molecule has 1 rings (SSSR count). The van der Waals surface area contributed by atoms with Crippen LogP contribution in [0.2, 0.25) is 0 Å². The molecule has 2 N–H and O–H groups in total. The Kier molecular flexibility index (Phi) is 3.17. The number of nitrogens with two attached hydrogens (primary N) is 1. The average Bonchev–Trinajstić information content (AvgIpc) is 2.36. The van der Waals surface area contributed by atoms with E-state index in [0.717, 1.165) is 12.0 Å². The highest BCUT2D eigenvalue weighted by molar-refractivity contribution is 6.17. The number of nitrogen functional groups attached to an aromatic ring is 1. The van der Waals surface area contributed by atoms with Gasteiger partial charge >= 0.3 is 0 Å². The van der Waals surface area contributed by atoms with Crippen LogP contribution in [0.1, 0.15) is 12.0 Å². The van der Waals surface area contributed by atoms with Gasteiger partial charge in [-0.15, -0.1) is 11.6 Å². The maximum atomic E-state index is 5.70. The van der Waals surface area contributed by atoms with Crippen LogP contribution >= 0.6 is 11.6 Å². The number of nitrogens with zero attached hydrogens (tertiary/aromatic N) is 2. The highest BCUT2D eigenvalue weighted by Gasteiger charge is 1.98. The maximum absolute atomic E-state index is 5.70. The van der Waals surface area contributed by atoms with E-state index in [1.807, 2.05) is 19.2 Å². The van der Waals surface area contributed by atoms with Gasteiger partial charge in [-0.2, -0.15) is 5.10 Å². The Morgan fingerprint density at radius 1 is 1.75 bits per heavy atom. The number of hydrogen-bond donors (Lipinski definition) is 1. The lowest BCUT2D eigenvalue weighted by molar-refractivity contribution is 0.779. The Morgan fingerprint density at radius 2 is 2.50 bits per heavy atom. The minimum Gasteiger partial charge on any atom is -0.383 e. The second kappa shape index (κ2) is 4.16. The zero-order chi connectivity index (χ0) is 8.97. The van der Waals surface area contributed by atoms with Crippen molar-refractivity contribution >= 4 is 23.5 Å². The van der Waals surface area contributed by atoms with Gasteiger partial charge in [0.2, 0.25) is 0 Å².